The van der Waals surface area contributed by atoms with Gasteiger partial charge in [0.15, 0.2) is 0 Å². The van der Waals surface area contributed by atoms with E-state index >= 15 is 0 Å². The summed E-state index contributed by atoms with van der Waals surface area (Å²) in [6, 6.07) is -0.157. The van der Waals surface area contributed by atoms with Gasteiger partial charge < -0.3 is 11.1 Å². The van der Waals surface area contributed by atoms with E-state index in [0.717, 1.165) is 5.57 Å². The molecule has 0 amide bonds. The van der Waals surface area contributed by atoms with Gasteiger partial charge in [0, 0.05) is 0 Å². The molecular weight excluding hydrogens is 188 g/mol. The molecule has 0 heterocycles. The smallest absolute Gasteiger partial charge is 0.147 e. The SMILES string of the molecule is C\C=C/C=C\C(=C/N)C[C@H](NC)C(C)=O. The molecule has 0 aromatic rings. The largest absolute Gasteiger partial charge is 0.404 e. The lowest BCUT2D eigenvalue weighted by molar-refractivity contribution is -0.118. The first kappa shape index (κ1) is 13.7. The zero-order valence-electron chi connectivity index (χ0n) is 9.66. The highest BCUT2D eigenvalue weighted by molar-refractivity contribution is 5.81. The number of ketones is 1. The lowest BCUT2D eigenvalue weighted by Gasteiger charge is -2.12. The number of likely N-dealkylation sites (N-methyl/N-ethyl adjacent to an activating group) is 1. The molecule has 84 valence electrons. The molecule has 3 nitrogen and oxygen atoms in total. The number of nitrogens with one attached hydrogen (secondary N) is 1. The van der Waals surface area contributed by atoms with E-state index in [1.54, 1.807) is 14.0 Å². The molecule has 0 fully saturated rings. The molecule has 0 rings (SSSR count). The molecule has 0 spiro atoms. The maximum absolute atomic E-state index is 11.2. The normalized spacial score (nSPS) is 15.0. The van der Waals surface area contributed by atoms with E-state index in [9.17, 15) is 4.79 Å². The van der Waals surface area contributed by atoms with E-state index in [-0.39, 0.29) is 11.8 Å². The monoisotopic (exact) mass is 208 g/mol. The van der Waals surface area contributed by atoms with Gasteiger partial charge in [0.05, 0.1) is 6.04 Å². The van der Waals surface area contributed by atoms with E-state index in [2.05, 4.69) is 5.32 Å². The Bertz CT molecular complexity index is 277. The Morgan fingerprint density at radius 3 is 2.53 bits per heavy atom. The van der Waals surface area contributed by atoms with Crippen molar-refractivity contribution in [3.05, 3.63) is 36.1 Å². The second-order valence-electron chi connectivity index (χ2n) is 3.28. The predicted octanol–water partition coefficient (Wildman–Crippen LogP) is 1.53. The van der Waals surface area contributed by atoms with Gasteiger partial charge in [-0.2, -0.15) is 0 Å². The zero-order valence-corrected chi connectivity index (χ0v) is 9.66. The fourth-order valence-electron chi connectivity index (χ4n) is 1.17. The van der Waals surface area contributed by atoms with Gasteiger partial charge in [0.1, 0.15) is 5.78 Å². The van der Waals surface area contributed by atoms with Crippen LogP contribution in [-0.4, -0.2) is 18.9 Å². The third-order valence-corrected chi connectivity index (χ3v) is 2.11. The van der Waals surface area contributed by atoms with Crippen molar-refractivity contribution in [3.8, 4) is 0 Å². The Kier molecular flexibility index (Phi) is 7.28. The predicted molar refractivity (Wildman–Crippen MR) is 64.4 cm³/mol. The maximum atomic E-state index is 11.2. The van der Waals surface area contributed by atoms with Crippen LogP contribution in [-0.2, 0) is 4.79 Å². The van der Waals surface area contributed by atoms with Crippen molar-refractivity contribution >= 4 is 5.78 Å². The zero-order chi connectivity index (χ0) is 11.7. The molecule has 0 aliphatic carbocycles. The Labute approximate surface area is 91.7 Å². The molecule has 0 radical (unpaired) electrons. The number of carbonyl (C=O) groups is 1. The van der Waals surface area contributed by atoms with Crippen molar-refractivity contribution in [3.63, 3.8) is 0 Å². The number of allylic oxidation sites excluding steroid dienone is 4. The minimum atomic E-state index is -0.157. The van der Waals surface area contributed by atoms with Crippen molar-refractivity contribution in [2.24, 2.45) is 5.73 Å². The van der Waals surface area contributed by atoms with Crippen LogP contribution in [0.4, 0.5) is 0 Å². The first-order chi connectivity index (χ1) is 7.15. The first-order valence-electron chi connectivity index (χ1n) is 5.03. The van der Waals surface area contributed by atoms with Gasteiger partial charge in [-0.1, -0.05) is 24.3 Å². The van der Waals surface area contributed by atoms with Crippen LogP contribution >= 0.6 is 0 Å². The van der Waals surface area contributed by atoms with Crippen LogP contribution in [0.5, 0.6) is 0 Å². The molecule has 0 aliphatic rings. The van der Waals surface area contributed by atoms with E-state index in [1.807, 2.05) is 31.2 Å². The summed E-state index contributed by atoms with van der Waals surface area (Å²) in [5.74, 6) is 0.122. The first-order valence-corrected chi connectivity index (χ1v) is 5.03. The average Bonchev–Trinajstić information content (AvgIpc) is 2.22. The van der Waals surface area contributed by atoms with Crippen LogP contribution in [0.15, 0.2) is 36.1 Å². The van der Waals surface area contributed by atoms with Gasteiger partial charge in [-0.3, -0.25) is 4.79 Å². The van der Waals surface area contributed by atoms with E-state index < -0.39 is 0 Å². The van der Waals surface area contributed by atoms with Crippen LogP contribution in [0.3, 0.4) is 0 Å². The van der Waals surface area contributed by atoms with Crippen LogP contribution in [0, 0.1) is 0 Å². The Hall–Kier alpha value is -1.35. The molecule has 3 heteroatoms. The van der Waals surface area contributed by atoms with Crippen LogP contribution < -0.4 is 11.1 Å². The number of hydrogen-bond acceptors (Lipinski definition) is 3. The van der Waals surface area contributed by atoms with Gasteiger partial charge in [-0.05, 0) is 39.1 Å². The molecule has 0 bridgehead atoms. The van der Waals surface area contributed by atoms with E-state index in [4.69, 9.17) is 5.73 Å². The average molecular weight is 208 g/mol. The second kappa shape index (κ2) is 8.00. The fraction of sp³-hybridized carbons (Fsp3) is 0.417. The summed E-state index contributed by atoms with van der Waals surface area (Å²) >= 11 is 0. The molecular formula is C12H20N2O. The van der Waals surface area contributed by atoms with Gasteiger partial charge in [-0.15, -0.1) is 0 Å². The second-order valence-corrected chi connectivity index (χ2v) is 3.28. The minimum absolute atomic E-state index is 0.122. The molecule has 0 aromatic carbocycles. The maximum Gasteiger partial charge on any atom is 0.147 e. The van der Waals surface area contributed by atoms with Crippen molar-refractivity contribution in [1.29, 1.82) is 0 Å². The standard InChI is InChI=1S/C12H20N2O/c1-4-5-6-7-11(9-13)8-12(14-3)10(2)15/h4-7,9,12,14H,8,13H2,1-3H3/b5-4-,7-6-,11-9+/t12-/m0/s1. The highest BCUT2D eigenvalue weighted by Gasteiger charge is 2.11. The molecule has 0 aromatic heterocycles. The molecule has 0 saturated heterocycles. The molecule has 0 aliphatic heterocycles. The molecule has 3 N–H and O–H groups in total. The number of hydrogen-bond donors (Lipinski definition) is 2. The molecule has 1 atom stereocenters. The number of nitrogens with two attached hydrogens (primary N) is 1. The molecule has 15 heavy (non-hydrogen) atoms. The summed E-state index contributed by atoms with van der Waals surface area (Å²) in [5, 5.41) is 2.96. The summed E-state index contributed by atoms with van der Waals surface area (Å²) in [4.78, 5) is 11.2. The summed E-state index contributed by atoms with van der Waals surface area (Å²) in [7, 11) is 1.77. The number of Topliss-reactive ketones (excluding diaryl/α,β-unsaturated/α-hetero) is 1. The number of rotatable bonds is 6. The van der Waals surface area contributed by atoms with E-state index in [1.165, 1.54) is 6.20 Å². The molecule has 0 saturated carbocycles. The Morgan fingerprint density at radius 2 is 2.13 bits per heavy atom. The van der Waals surface area contributed by atoms with Gasteiger partial charge in [0.2, 0.25) is 0 Å². The third kappa shape index (κ3) is 5.86. The van der Waals surface area contributed by atoms with Gasteiger partial charge in [0.25, 0.3) is 0 Å². The molecule has 0 unspecified atom stereocenters. The van der Waals surface area contributed by atoms with Crippen molar-refractivity contribution in [2.75, 3.05) is 7.05 Å². The Morgan fingerprint density at radius 1 is 1.47 bits per heavy atom. The van der Waals surface area contributed by atoms with Crippen LogP contribution in [0.25, 0.3) is 0 Å². The minimum Gasteiger partial charge on any atom is -0.404 e. The van der Waals surface area contributed by atoms with Crippen LogP contribution in [0.1, 0.15) is 20.3 Å². The summed E-state index contributed by atoms with van der Waals surface area (Å²) in [5.41, 5.74) is 6.43. The highest BCUT2D eigenvalue weighted by Crippen LogP contribution is 2.07. The lowest BCUT2D eigenvalue weighted by Crippen LogP contribution is -2.32. The highest BCUT2D eigenvalue weighted by atomic mass is 16.1. The summed E-state index contributed by atoms with van der Waals surface area (Å²) in [6.07, 6.45) is 9.83. The van der Waals surface area contributed by atoms with Crippen molar-refractivity contribution < 1.29 is 4.79 Å². The van der Waals surface area contributed by atoms with Crippen LogP contribution in [0.2, 0.25) is 0 Å². The fourth-order valence-corrected chi connectivity index (χ4v) is 1.17. The van der Waals surface area contributed by atoms with Gasteiger partial charge >= 0.3 is 0 Å². The quantitative estimate of drug-likeness (QED) is 0.651. The van der Waals surface area contributed by atoms with E-state index in [0.29, 0.717) is 6.42 Å². The number of carbonyl (C=O) groups excluding carboxylic acids is 1. The summed E-state index contributed by atoms with van der Waals surface area (Å²) in [6.45, 7) is 3.52. The van der Waals surface area contributed by atoms with Crippen molar-refractivity contribution in [2.45, 2.75) is 26.3 Å². The topological polar surface area (TPSA) is 55.1 Å². The summed E-state index contributed by atoms with van der Waals surface area (Å²) < 4.78 is 0. The van der Waals surface area contributed by atoms with Crippen molar-refractivity contribution in [1.82, 2.24) is 5.32 Å². The third-order valence-electron chi connectivity index (χ3n) is 2.11. The lowest BCUT2D eigenvalue weighted by atomic mass is 10.0. The van der Waals surface area contributed by atoms with Gasteiger partial charge in [-0.25, -0.2) is 0 Å². The Balaban J connectivity index is 4.39.